The molecule has 0 aromatic rings. The first kappa shape index (κ1) is 63.4. The van der Waals surface area contributed by atoms with Gasteiger partial charge in [0.25, 0.3) is 0 Å². The zero-order chi connectivity index (χ0) is 47.9. The molecule has 6 heteroatoms. The minimum absolute atomic E-state index is 0.0748. The summed E-state index contributed by atoms with van der Waals surface area (Å²) in [6, 6.07) is 0. The number of hydrogen-bond donors (Lipinski definition) is 0. The van der Waals surface area contributed by atoms with Crippen LogP contribution in [0, 0.1) is 0 Å². The van der Waals surface area contributed by atoms with Gasteiger partial charge in [-0.25, -0.2) is 0 Å². The predicted molar refractivity (Wildman–Crippen MR) is 284 cm³/mol. The van der Waals surface area contributed by atoms with Gasteiger partial charge in [0, 0.05) is 19.3 Å². The van der Waals surface area contributed by atoms with Crippen LogP contribution in [0.4, 0.5) is 0 Å². The molecule has 0 spiro atoms. The van der Waals surface area contributed by atoms with Gasteiger partial charge in [-0.05, 0) is 83.5 Å². The van der Waals surface area contributed by atoms with Crippen molar-refractivity contribution in [1.82, 2.24) is 0 Å². The Morgan fingerprint density at radius 3 is 0.864 bits per heavy atom. The van der Waals surface area contributed by atoms with Gasteiger partial charge in [-0.2, -0.15) is 0 Å². The van der Waals surface area contributed by atoms with Gasteiger partial charge in [0.2, 0.25) is 0 Å². The third-order valence-electron chi connectivity index (χ3n) is 12.6. The number of hydrogen-bond acceptors (Lipinski definition) is 6. The lowest BCUT2D eigenvalue weighted by molar-refractivity contribution is -0.167. The maximum absolute atomic E-state index is 12.8. The van der Waals surface area contributed by atoms with Crippen LogP contribution in [0.5, 0.6) is 0 Å². The summed E-state index contributed by atoms with van der Waals surface area (Å²) in [6.07, 6.45) is 66.8. The van der Waals surface area contributed by atoms with Gasteiger partial charge in [-0.3, -0.25) is 14.4 Å². The number of allylic oxidation sites excluding steroid dienone is 8. The Balaban J connectivity index is 4.21. The smallest absolute Gasteiger partial charge is 0.306 e. The maximum atomic E-state index is 12.8. The standard InChI is InChI=1S/C60H108O6/c1-4-7-10-13-16-19-21-23-25-27-28-29-30-31-32-34-35-37-39-41-44-47-50-53-59(62)65-56-57(55-64-58(61)52-49-46-43-18-15-12-9-6-3)66-60(63)54-51-48-45-42-40-38-36-33-26-24-22-20-17-14-11-8-5-2/h17,20-21,23-24,26-28,57H,4-16,18-19,22,25,29-56H2,1-3H3/b20-17-,23-21-,26-24-,28-27-. The van der Waals surface area contributed by atoms with Crippen LogP contribution >= 0.6 is 0 Å². The lowest BCUT2D eigenvalue weighted by atomic mass is 10.0. The van der Waals surface area contributed by atoms with E-state index in [1.54, 1.807) is 0 Å². The Bertz CT molecular complexity index is 1150. The van der Waals surface area contributed by atoms with E-state index >= 15 is 0 Å². The number of carbonyl (C=O) groups is 3. The Labute approximate surface area is 409 Å². The van der Waals surface area contributed by atoms with E-state index < -0.39 is 6.10 Å². The SMILES string of the molecule is CCCCC/C=C\C/C=C\CCCCCCCCCC(=O)OC(COC(=O)CCCCCCCCCC)COC(=O)CCCCCCCCCCCCC/C=C\C/C=C\CCCCCCC. The monoisotopic (exact) mass is 925 g/mol. The molecule has 0 heterocycles. The van der Waals surface area contributed by atoms with Crippen LogP contribution in [0.1, 0.15) is 297 Å². The van der Waals surface area contributed by atoms with Crippen LogP contribution < -0.4 is 0 Å². The quantitative estimate of drug-likeness (QED) is 0.0262. The second-order valence-corrected chi connectivity index (χ2v) is 19.2. The second-order valence-electron chi connectivity index (χ2n) is 19.2. The molecule has 0 amide bonds. The van der Waals surface area contributed by atoms with E-state index in [2.05, 4.69) is 69.4 Å². The molecule has 384 valence electrons. The minimum Gasteiger partial charge on any atom is -0.462 e. The summed E-state index contributed by atoms with van der Waals surface area (Å²) in [5.74, 6) is -0.878. The molecule has 0 N–H and O–H groups in total. The molecule has 0 rings (SSSR count). The third kappa shape index (κ3) is 52.3. The van der Waals surface area contributed by atoms with Crippen molar-refractivity contribution in [3.05, 3.63) is 48.6 Å². The van der Waals surface area contributed by atoms with E-state index in [0.717, 1.165) is 77.0 Å². The fourth-order valence-corrected chi connectivity index (χ4v) is 8.21. The third-order valence-corrected chi connectivity index (χ3v) is 12.6. The first-order valence-corrected chi connectivity index (χ1v) is 28.6. The summed E-state index contributed by atoms with van der Waals surface area (Å²) < 4.78 is 16.8. The van der Waals surface area contributed by atoms with E-state index in [1.165, 1.54) is 180 Å². The molecule has 0 aromatic carbocycles. The Hall–Kier alpha value is -2.63. The second kappa shape index (κ2) is 55.0. The first-order valence-electron chi connectivity index (χ1n) is 28.6. The van der Waals surface area contributed by atoms with Crippen LogP contribution in [0.15, 0.2) is 48.6 Å². The van der Waals surface area contributed by atoms with E-state index in [4.69, 9.17) is 14.2 Å². The molecule has 0 radical (unpaired) electrons. The molecule has 66 heavy (non-hydrogen) atoms. The van der Waals surface area contributed by atoms with E-state index in [9.17, 15) is 14.4 Å². The molecule has 0 aliphatic carbocycles. The molecule has 0 aromatic heterocycles. The van der Waals surface area contributed by atoms with Crippen molar-refractivity contribution < 1.29 is 28.6 Å². The summed E-state index contributed by atoms with van der Waals surface area (Å²) in [6.45, 7) is 6.59. The van der Waals surface area contributed by atoms with Gasteiger partial charge in [0.15, 0.2) is 6.10 Å². The van der Waals surface area contributed by atoms with E-state index in [1.807, 2.05) is 0 Å². The number of esters is 3. The minimum atomic E-state index is -0.774. The number of rotatable bonds is 52. The lowest BCUT2D eigenvalue weighted by Gasteiger charge is -2.18. The summed E-state index contributed by atoms with van der Waals surface area (Å²) in [7, 11) is 0. The molecule has 0 aliphatic heterocycles. The van der Waals surface area contributed by atoms with Crippen molar-refractivity contribution in [3.63, 3.8) is 0 Å². The lowest BCUT2D eigenvalue weighted by Crippen LogP contribution is -2.30. The molecule has 0 fully saturated rings. The summed E-state index contributed by atoms with van der Waals surface area (Å²) in [5.41, 5.74) is 0. The molecule has 1 unspecified atom stereocenters. The average Bonchev–Trinajstić information content (AvgIpc) is 3.31. The summed E-state index contributed by atoms with van der Waals surface area (Å²) >= 11 is 0. The van der Waals surface area contributed by atoms with Crippen molar-refractivity contribution in [2.24, 2.45) is 0 Å². The van der Waals surface area contributed by atoms with Gasteiger partial charge in [-0.15, -0.1) is 0 Å². The van der Waals surface area contributed by atoms with Crippen molar-refractivity contribution in [1.29, 1.82) is 0 Å². The average molecular weight is 926 g/mol. The fourth-order valence-electron chi connectivity index (χ4n) is 8.21. The van der Waals surface area contributed by atoms with Crippen LogP contribution in [0.25, 0.3) is 0 Å². The first-order chi connectivity index (χ1) is 32.5. The van der Waals surface area contributed by atoms with Gasteiger partial charge >= 0.3 is 17.9 Å². The molecule has 0 saturated carbocycles. The highest BCUT2D eigenvalue weighted by molar-refractivity contribution is 5.71. The molecular formula is C60H108O6. The van der Waals surface area contributed by atoms with Crippen LogP contribution in [-0.2, 0) is 28.6 Å². The van der Waals surface area contributed by atoms with Crippen molar-refractivity contribution in [2.45, 2.75) is 303 Å². The van der Waals surface area contributed by atoms with Crippen molar-refractivity contribution in [2.75, 3.05) is 13.2 Å². The normalized spacial score (nSPS) is 12.3. The molecular weight excluding hydrogens is 817 g/mol. The zero-order valence-electron chi connectivity index (χ0n) is 44.0. The van der Waals surface area contributed by atoms with Gasteiger partial charge in [0.05, 0.1) is 0 Å². The number of carbonyl (C=O) groups excluding carboxylic acids is 3. The highest BCUT2D eigenvalue weighted by Gasteiger charge is 2.19. The summed E-state index contributed by atoms with van der Waals surface area (Å²) in [5, 5.41) is 0. The predicted octanol–water partition coefficient (Wildman–Crippen LogP) is 19.0. The highest BCUT2D eigenvalue weighted by atomic mass is 16.6. The maximum Gasteiger partial charge on any atom is 0.306 e. The number of unbranched alkanes of at least 4 members (excludes halogenated alkanes) is 33. The topological polar surface area (TPSA) is 78.9 Å². The van der Waals surface area contributed by atoms with Crippen LogP contribution in [-0.4, -0.2) is 37.2 Å². The molecule has 0 saturated heterocycles. The van der Waals surface area contributed by atoms with Crippen molar-refractivity contribution in [3.8, 4) is 0 Å². The van der Waals surface area contributed by atoms with Gasteiger partial charge < -0.3 is 14.2 Å². The summed E-state index contributed by atoms with van der Waals surface area (Å²) in [4.78, 5) is 38.0. The van der Waals surface area contributed by atoms with E-state index in [-0.39, 0.29) is 31.1 Å². The van der Waals surface area contributed by atoms with Gasteiger partial charge in [0.1, 0.15) is 13.2 Å². The molecule has 6 nitrogen and oxygen atoms in total. The van der Waals surface area contributed by atoms with Crippen molar-refractivity contribution >= 4 is 17.9 Å². The molecule has 0 aliphatic rings. The highest BCUT2D eigenvalue weighted by Crippen LogP contribution is 2.16. The van der Waals surface area contributed by atoms with Crippen LogP contribution in [0.2, 0.25) is 0 Å². The largest absolute Gasteiger partial charge is 0.462 e. The fraction of sp³-hybridized carbons (Fsp3) is 0.817. The Kier molecular flexibility index (Phi) is 52.8. The number of ether oxygens (including phenoxy) is 3. The Morgan fingerprint density at radius 1 is 0.303 bits per heavy atom. The molecule has 1 atom stereocenters. The van der Waals surface area contributed by atoms with Gasteiger partial charge in [-0.1, -0.05) is 243 Å². The Morgan fingerprint density at radius 2 is 0.545 bits per heavy atom. The van der Waals surface area contributed by atoms with E-state index in [0.29, 0.717) is 19.3 Å². The zero-order valence-corrected chi connectivity index (χ0v) is 44.0. The molecule has 0 bridgehead atoms. The van der Waals surface area contributed by atoms with Crippen LogP contribution in [0.3, 0.4) is 0 Å².